The summed E-state index contributed by atoms with van der Waals surface area (Å²) in [6.45, 7) is 3.33. The lowest BCUT2D eigenvalue weighted by Gasteiger charge is -2.17. The molecule has 1 aromatic heterocycles. The van der Waals surface area contributed by atoms with Crippen molar-refractivity contribution in [3.8, 4) is 0 Å². The maximum absolute atomic E-state index is 12.8. The van der Waals surface area contributed by atoms with Gasteiger partial charge in [-0.3, -0.25) is 9.59 Å². The maximum Gasteiger partial charge on any atom is 0.416 e. The number of benzene rings is 1. The van der Waals surface area contributed by atoms with Crippen molar-refractivity contribution in [1.82, 2.24) is 10.6 Å². The lowest BCUT2D eigenvalue weighted by Crippen LogP contribution is -2.46. The number of rotatable bonds is 7. The first-order valence-corrected chi connectivity index (χ1v) is 8.43. The summed E-state index contributed by atoms with van der Waals surface area (Å²) >= 11 is 0. The van der Waals surface area contributed by atoms with Gasteiger partial charge >= 0.3 is 6.18 Å². The van der Waals surface area contributed by atoms with E-state index in [-0.39, 0.29) is 18.9 Å². The van der Waals surface area contributed by atoms with Crippen LogP contribution in [0.15, 0.2) is 47.1 Å². The number of furan rings is 1. The van der Waals surface area contributed by atoms with E-state index in [1.807, 2.05) is 0 Å². The Morgan fingerprint density at radius 2 is 1.85 bits per heavy atom. The van der Waals surface area contributed by atoms with Crippen LogP contribution in [0, 0.1) is 5.92 Å². The topological polar surface area (TPSA) is 71.3 Å². The number of halogens is 3. The summed E-state index contributed by atoms with van der Waals surface area (Å²) in [5, 5.41) is 5.20. The third kappa shape index (κ3) is 6.16. The number of nitrogens with one attached hydrogen (secondary N) is 2. The van der Waals surface area contributed by atoms with Crippen LogP contribution >= 0.6 is 0 Å². The molecule has 2 unspecified atom stereocenters. The third-order valence-corrected chi connectivity index (χ3v) is 4.01. The van der Waals surface area contributed by atoms with Gasteiger partial charge in [-0.1, -0.05) is 25.1 Å². The van der Waals surface area contributed by atoms with Crippen molar-refractivity contribution in [3.05, 3.63) is 59.5 Å². The fourth-order valence-electron chi connectivity index (χ4n) is 2.48. The Morgan fingerprint density at radius 3 is 2.48 bits per heavy atom. The second kappa shape index (κ2) is 8.75. The van der Waals surface area contributed by atoms with Gasteiger partial charge in [-0.15, -0.1) is 0 Å². The van der Waals surface area contributed by atoms with E-state index in [9.17, 15) is 22.8 Å². The first-order valence-electron chi connectivity index (χ1n) is 8.43. The monoisotopic (exact) mass is 382 g/mol. The minimum Gasteiger partial charge on any atom is -0.467 e. The van der Waals surface area contributed by atoms with Crippen LogP contribution in [0.3, 0.4) is 0 Å². The Balaban J connectivity index is 1.86. The van der Waals surface area contributed by atoms with Gasteiger partial charge in [-0.05, 0) is 37.1 Å². The molecule has 0 fully saturated rings. The number of carbonyl (C=O) groups excluding carboxylic acids is 2. The molecule has 2 atom stereocenters. The number of amides is 2. The molecule has 146 valence electrons. The standard InChI is InChI=1S/C19H21F3N2O3/c1-12(9-14-5-3-6-15(10-14)19(20,21)22)17(25)24-13(2)18(26)23-11-16-7-4-8-27-16/h3-8,10,12-13H,9,11H2,1-2H3,(H,23,26)(H,24,25). The number of alkyl halides is 3. The molecule has 2 rings (SSSR count). The predicted octanol–water partition coefficient (Wildman–Crippen LogP) is 3.30. The van der Waals surface area contributed by atoms with Crippen molar-refractivity contribution in [2.24, 2.45) is 5.92 Å². The molecule has 5 nitrogen and oxygen atoms in total. The van der Waals surface area contributed by atoms with Crippen molar-refractivity contribution in [2.75, 3.05) is 0 Å². The van der Waals surface area contributed by atoms with Gasteiger partial charge in [-0.25, -0.2) is 0 Å². The molecule has 0 bridgehead atoms. The van der Waals surface area contributed by atoms with Gasteiger partial charge in [-0.2, -0.15) is 13.2 Å². The van der Waals surface area contributed by atoms with Crippen molar-refractivity contribution in [3.63, 3.8) is 0 Å². The summed E-state index contributed by atoms with van der Waals surface area (Å²) in [5.41, 5.74) is -0.347. The SMILES string of the molecule is CC(Cc1cccc(C(F)(F)F)c1)C(=O)NC(C)C(=O)NCc1ccco1. The number of hydrogen-bond donors (Lipinski definition) is 2. The largest absolute Gasteiger partial charge is 0.467 e. The Labute approximate surface area is 154 Å². The molecule has 0 radical (unpaired) electrons. The Morgan fingerprint density at radius 1 is 1.11 bits per heavy atom. The van der Waals surface area contributed by atoms with Crippen molar-refractivity contribution >= 4 is 11.8 Å². The molecule has 1 heterocycles. The van der Waals surface area contributed by atoms with Crippen LogP contribution in [-0.2, 0) is 28.7 Å². The molecule has 0 aliphatic heterocycles. The molecule has 0 saturated heterocycles. The van der Waals surface area contributed by atoms with E-state index in [2.05, 4.69) is 10.6 Å². The van der Waals surface area contributed by atoms with E-state index in [4.69, 9.17) is 4.42 Å². The van der Waals surface area contributed by atoms with Gasteiger partial charge in [0.1, 0.15) is 11.8 Å². The average molecular weight is 382 g/mol. The minimum absolute atomic E-state index is 0.135. The fraction of sp³-hybridized carbons (Fsp3) is 0.368. The highest BCUT2D eigenvalue weighted by atomic mass is 19.4. The highest BCUT2D eigenvalue weighted by molar-refractivity contribution is 5.88. The fourth-order valence-corrected chi connectivity index (χ4v) is 2.48. The zero-order chi connectivity index (χ0) is 20.0. The van der Waals surface area contributed by atoms with E-state index >= 15 is 0 Å². The van der Waals surface area contributed by atoms with Gasteiger partial charge in [0, 0.05) is 5.92 Å². The lowest BCUT2D eigenvalue weighted by molar-refractivity contribution is -0.137. The van der Waals surface area contributed by atoms with Gasteiger partial charge in [0.2, 0.25) is 11.8 Å². The quantitative estimate of drug-likeness (QED) is 0.772. The summed E-state index contributed by atoms with van der Waals surface area (Å²) in [4.78, 5) is 24.3. The molecule has 2 N–H and O–H groups in total. The van der Waals surface area contributed by atoms with E-state index in [0.717, 1.165) is 12.1 Å². The van der Waals surface area contributed by atoms with Crippen LogP contribution in [0.4, 0.5) is 13.2 Å². The van der Waals surface area contributed by atoms with E-state index in [1.165, 1.54) is 19.3 Å². The summed E-state index contributed by atoms with van der Waals surface area (Å²) in [7, 11) is 0. The first kappa shape index (κ1) is 20.5. The Hall–Kier alpha value is -2.77. The van der Waals surface area contributed by atoms with Crippen molar-refractivity contribution in [2.45, 2.75) is 39.0 Å². The molecule has 0 aliphatic rings. The van der Waals surface area contributed by atoms with Gasteiger partial charge in [0.15, 0.2) is 0 Å². The van der Waals surface area contributed by atoms with Crippen molar-refractivity contribution < 1.29 is 27.2 Å². The molecule has 27 heavy (non-hydrogen) atoms. The summed E-state index contributed by atoms with van der Waals surface area (Å²) in [5.74, 6) is -0.798. The van der Waals surface area contributed by atoms with Gasteiger partial charge in [0.25, 0.3) is 0 Å². The van der Waals surface area contributed by atoms with E-state index in [1.54, 1.807) is 25.1 Å². The molecular formula is C19H21F3N2O3. The summed E-state index contributed by atoms with van der Waals surface area (Å²) in [6.07, 6.45) is -2.80. The van der Waals surface area contributed by atoms with Crippen LogP contribution in [0.25, 0.3) is 0 Å². The molecule has 1 aromatic carbocycles. The number of hydrogen-bond acceptors (Lipinski definition) is 3. The van der Waals surface area contributed by atoms with Crippen LogP contribution in [0.1, 0.15) is 30.7 Å². The highest BCUT2D eigenvalue weighted by Gasteiger charge is 2.30. The second-order valence-corrected chi connectivity index (χ2v) is 6.33. The minimum atomic E-state index is -4.43. The zero-order valence-corrected chi connectivity index (χ0v) is 15.0. The maximum atomic E-state index is 12.8. The highest BCUT2D eigenvalue weighted by Crippen LogP contribution is 2.30. The van der Waals surface area contributed by atoms with E-state index in [0.29, 0.717) is 11.3 Å². The molecule has 2 amide bonds. The Kier molecular flexibility index (Phi) is 6.65. The van der Waals surface area contributed by atoms with Gasteiger partial charge in [0.05, 0.1) is 18.4 Å². The third-order valence-electron chi connectivity index (χ3n) is 4.01. The Bertz CT molecular complexity index is 773. The van der Waals surface area contributed by atoms with Gasteiger partial charge < -0.3 is 15.1 Å². The zero-order valence-electron chi connectivity index (χ0n) is 15.0. The predicted molar refractivity (Wildman–Crippen MR) is 92.5 cm³/mol. The van der Waals surface area contributed by atoms with Crippen LogP contribution in [0.5, 0.6) is 0 Å². The molecule has 0 spiro atoms. The van der Waals surface area contributed by atoms with E-state index < -0.39 is 29.6 Å². The molecule has 0 saturated carbocycles. The van der Waals surface area contributed by atoms with Crippen LogP contribution in [-0.4, -0.2) is 17.9 Å². The second-order valence-electron chi connectivity index (χ2n) is 6.33. The molecule has 8 heteroatoms. The lowest BCUT2D eigenvalue weighted by atomic mass is 9.98. The van der Waals surface area contributed by atoms with Crippen LogP contribution in [0.2, 0.25) is 0 Å². The first-order chi connectivity index (χ1) is 12.7. The summed E-state index contributed by atoms with van der Waals surface area (Å²) < 4.78 is 43.4. The normalized spacial score (nSPS) is 13.7. The molecule has 0 aliphatic carbocycles. The number of carbonyl (C=O) groups is 2. The summed E-state index contributed by atoms with van der Waals surface area (Å²) in [6, 6.07) is 7.49. The smallest absolute Gasteiger partial charge is 0.416 e. The molecule has 2 aromatic rings. The van der Waals surface area contributed by atoms with Crippen LogP contribution < -0.4 is 10.6 Å². The average Bonchev–Trinajstić information content (AvgIpc) is 3.12. The van der Waals surface area contributed by atoms with Crippen molar-refractivity contribution in [1.29, 1.82) is 0 Å². The molecular weight excluding hydrogens is 361 g/mol.